The molecule has 244 valence electrons. The number of carbonyl (C=O) groups excluding carboxylic acids is 2. The lowest BCUT2D eigenvalue weighted by Crippen LogP contribution is -2.51. The first-order valence-corrected chi connectivity index (χ1v) is 19.3. The van der Waals surface area contributed by atoms with Gasteiger partial charge >= 0.3 is 0 Å². The number of hydrogen-bond acceptors (Lipinski definition) is 6. The highest BCUT2D eigenvalue weighted by molar-refractivity contribution is 6.91. The number of hydrogen-bond donors (Lipinski definition) is 3. The number of fused-ring (bicyclic) bond motifs is 2. The third kappa shape index (κ3) is 5.82. The molecule has 4 aromatic rings. The molecule has 0 unspecified atom stereocenters. The third-order valence-electron chi connectivity index (χ3n) is 9.91. The smallest absolute Gasteiger partial charge is 0.264 e. The van der Waals surface area contributed by atoms with Crippen molar-refractivity contribution in [2.24, 2.45) is 5.92 Å². The molecule has 1 saturated heterocycles. The van der Waals surface area contributed by atoms with Crippen LogP contribution in [0.4, 0.5) is 17.1 Å². The molecule has 4 aromatic carbocycles. The molecule has 2 aliphatic heterocycles. The van der Waals surface area contributed by atoms with E-state index in [9.17, 15) is 14.7 Å². The van der Waals surface area contributed by atoms with Gasteiger partial charge in [0.15, 0.2) is 5.60 Å². The van der Waals surface area contributed by atoms with Gasteiger partial charge in [-0.1, -0.05) is 61.1 Å². The van der Waals surface area contributed by atoms with Gasteiger partial charge in [-0.15, -0.1) is 0 Å². The zero-order chi connectivity index (χ0) is 33.5. The molecule has 8 nitrogen and oxygen atoms in total. The SMILES string of the molecule is COc1ccc([Si](C)(C)[C@@H]2[C@@H](CCO)O[C@]3(C(=O)N(Cc4cccc(NC(=O)c5ccc(N)cc5)c4)c4ccc(Cl)cc43)[C@H]2C)cc1. The number of nitrogen functional groups attached to an aromatic ring is 1. The van der Waals surface area contributed by atoms with E-state index in [1.54, 1.807) is 42.3 Å². The van der Waals surface area contributed by atoms with Crippen molar-refractivity contribution in [3.05, 3.63) is 113 Å². The topological polar surface area (TPSA) is 114 Å². The Morgan fingerprint density at radius 2 is 1.79 bits per heavy atom. The largest absolute Gasteiger partial charge is 0.497 e. The summed E-state index contributed by atoms with van der Waals surface area (Å²) in [5.41, 5.74) is 8.56. The fraction of sp³-hybridized carbons (Fsp3) is 0.297. The molecular formula is C37H40ClN3O5Si. The van der Waals surface area contributed by atoms with Crippen LogP contribution >= 0.6 is 11.6 Å². The van der Waals surface area contributed by atoms with Crippen LogP contribution in [0, 0.1) is 5.92 Å². The Balaban J connectivity index is 1.34. The van der Waals surface area contributed by atoms with Crippen molar-refractivity contribution >= 4 is 53.7 Å². The van der Waals surface area contributed by atoms with Crippen molar-refractivity contribution in [3.63, 3.8) is 0 Å². The number of amides is 2. The van der Waals surface area contributed by atoms with E-state index in [-0.39, 0.29) is 42.5 Å². The summed E-state index contributed by atoms with van der Waals surface area (Å²) >= 11 is 6.59. The summed E-state index contributed by atoms with van der Waals surface area (Å²) < 4.78 is 12.4. The molecule has 10 heteroatoms. The minimum Gasteiger partial charge on any atom is -0.497 e. The zero-order valence-corrected chi connectivity index (χ0v) is 28.8. The number of halogens is 1. The summed E-state index contributed by atoms with van der Waals surface area (Å²) in [6.45, 7) is 6.95. The van der Waals surface area contributed by atoms with Crippen molar-refractivity contribution in [2.75, 3.05) is 29.7 Å². The highest BCUT2D eigenvalue weighted by atomic mass is 35.5. The van der Waals surface area contributed by atoms with Gasteiger partial charge in [0, 0.05) is 40.0 Å². The Hall–Kier alpha value is -4.15. The second kappa shape index (κ2) is 12.8. The molecule has 2 aliphatic rings. The Kier molecular flexibility index (Phi) is 8.93. The van der Waals surface area contributed by atoms with E-state index < -0.39 is 13.7 Å². The molecule has 47 heavy (non-hydrogen) atoms. The standard InChI is InChI=1S/C37H40ClN3O5Si/c1-23-34(47(3,4)30-15-13-29(45-2)14-16-30)33(18-19-42)46-37(23)31-21-26(38)10-17-32(31)41(36(37)44)22-24-6-5-7-28(20-24)40-35(43)25-8-11-27(39)12-9-25/h5-17,20-21,23,33-34,42H,18-19,22,39H2,1-4H3,(H,40,43)/t23-,33+,34-,37+/m0/s1. The van der Waals surface area contributed by atoms with Crippen molar-refractivity contribution in [1.29, 1.82) is 0 Å². The van der Waals surface area contributed by atoms with Crippen LogP contribution in [-0.2, 0) is 21.7 Å². The van der Waals surface area contributed by atoms with Gasteiger partial charge in [-0.3, -0.25) is 9.59 Å². The Morgan fingerprint density at radius 1 is 1.06 bits per heavy atom. The second-order valence-corrected chi connectivity index (χ2v) is 18.1. The van der Waals surface area contributed by atoms with E-state index >= 15 is 0 Å². The molecule has 0 saturated carbocycles. The molecule has 1 fully saturated rings. The number of nitrogens with one attached hydrogen (secondary N) is 1. The maximum absolute atomic E-state index is 14.8. The number of methoxy groups -OCH3 is 1. The van der Waals surface area contributed by atoms with E-state index in [2.05, 4.69) is 37.5 Å². The number of benzene rings is 4. The van der Waals surface area contributed by atoms with Gasteiger partial charge in [0.25, 0.3) is 11.8 Å². The molecular weight excluding hydrogens is 630 g/mol. The van der Waals surface area contributed by atoms with Crippen LogP contribution in [0.1, 0.15) is 34.8 Å². The van der Waals surface area contributed by atoms with Crippen LogP contribution in [0.2, 0.25) is 23.7 Å². The number of aliphatic hydroxyl groups is 1. The molecule has 0 aliphatic carbocycles. The number of nitrogens with two attached hydrogens (primary N) is 1. The quantitative estimate of drug-likeness (QED) is 0.142. The molecule has 0 bridgehead atoms. The summed E-state index contributed by atoms with van der Waals surface area (Å²) in [5, 5.41) is 14.9. The van der Waals surface area contributed by atoms with Crippen LogP contribution in [0.25, 0.3) is 0 Å². The first-order valence-electron chi connectivity index (χ1n) is 15.8. The molecule has 2 amide bonds. The summed E-state index contributed by atoms with van der Waals surface area (Å²) in [6.07, 6.45) is 0.0869. The Labute approximate surface area is 281 Å². The van der Waals surface area contributed by atoms with Crippen LogP contribution in [0.3, 0.4) is 0 Å². The van der Waals surface area contributed by atoms with Gasteiger partial charge < -0.3 is 30.5 Å². The van der Waals surface area contributed by atoms with E-state index in [1.165, 1.54) is 5.19 Å². The van der Waals surface area contributed by atoms with E-state index in [0.29, 0.717) is 28.4 Å². The molecule has 4 N–H and O–H groups in total. The van der Waals surface area contributed by atoms with Gasteiger partial charge in [0.2, 0.25) is 0 Å². The van der Waals surface area contributed by atoms with E-state index in [0.717, 1.165) is 22.6 Å². The average molecular weight is 670 g/mol. The maximum atomic E-state index is 14.8. The van der Waals surface area contributed by atoms with Crippen LogP contribution in [-0.4, -0.2) is 44.8 Å². The molecule has 0 aromatic heterocycles. The van der Waals surface area contributed by atoms with Gasteiger partial charge in [-0.25, -0.2) is 0 Å². The Morgan fingerprint density at radius 3 is 2.47 bits per heavy atom. The van der Waals surface area contributed by atoms with Gasteiger partial charge in [0.1, 0.15) is 5.75 Å². The highest BCUT2D eigenvalue weighted by Gasteiger charge is 2.66. The fourth-order valence-corrected chi connectivity index (χ4v) is 11.8. The van der Waals surface area contributed by atoms with Crippen LogP contribution < -0.4 is 25.9 Å². The molecule has 4 atom stereocenters. The molecule has 6 rings (SSSR count). The first kappa shape index (κ1) is 32.8. The summed E-state index contributed by atoms with van der Waals surface area (Å²) in [4.78, 5) is 29.5. The number of ether oxygens (including phenoxy) is 2. The first-order chi connectivity index (χ1) is 22.5. The number of nitrogens with zero attached hydrogens (tertiary/aromatic N) is 1. The van der Waals surface area contributed by atoms with E-state index in [1.807, 2.05) is 48.5 Å². The Bertz CT molecular complexity index is 1800. The molecule has 1 spiro atoms. The minimum absolute atomic E-state index is 0.0191. The molecule has 2 heterocycles. The van der Waals surface area contributed by atoms with Gasteiger partial charge in [-0.05, 0) is 84.3 Å². The fourth-order valence-electron chi connectivity index (χ4n) is 7.61. The third-order valence-corrected chi connectivity index (χ3v) is 14.5. The lowest BCUT2D eigenvalue weighted by molar-refractivity contribution is -0.146. The monoisotopic (exact) mass is 669 g/mol. The van der Waals surface area contributed by atoms with Gasteiger partial charge in [-0.2, -0.15) is 0 Å². The summed E-state index contributed by atoms with van der Waals surface area (Å²) in [5.74, 6) is 0.180. The normalized spacial score (nSPS) is 22.0. The number of anilines is 3. The number of carbonyl (C=O) groups is 2. The van der Waals surface area contributed by atoms with Crippen molar-refractivity contribution in [2.45, 2.75) is 50.2 Å². The van der Waals surface area contributed by atoms with E-state index in [4.69, 9.17) is 26.8 Å². The van der Waals surface area contributed by atoms with Crippen molar-refractivity contribution in [1.82, 2.24) is 0 Å². The maximum Gasteiger partial charge on any atom is 0.264 e. The van der Waals surface area contributed by atoms with Gasteiger partial charge in [0.05, 0.1) is 33.5 Å². The average Bonchev–Trinajstić information content (AvgIpc) is 3.48. The molecule has 0 radical (unpaired) electrons. The predicted octanol–water partition coefficient (Wildman–Crippen LogP) is 6.33. The summed E-state index contributed by atoms with van der Waals surface area (Å²) in [6, 6.07) is 27.9. The van der Waals surface area contributed by atoms with Crippen molar-refractivity contribution < 1.29 is 24.2 Å². The summed E-state index contributed by atoms with van der Waals surface area (Å²) in [7, 11) is -0.644. The highest BCUT2D eigenvalue weighted by Crippen LogP contribution is 2.60. The predicted molar refractivity (Wildman–Crippen MR) is 189 cm³/mol. The lowest BCUT2D eigenvalue weighted by atomic mass is 9.82. The number of aliphatic hydroxyl groups excluding tert-OH is 1. The lowest BCUT2D eigenvalue weighted by Gasteiger charge is -2.37. The second-order valence-electron chi connectivity index (χ2n) is 13.0. The minimum atomic E-state index is -2.30. The zero-order valence-electron chi connectivity index (χ0n) is 27.0. The van der Waals surface area contributed by atoms with Crippen molar-refractivity contribution in [3.8, 4) is 5.75 Å². The van der Waals surface area contributed by atoms with Crippen LogP contribution in [0.5, 0.6) is 5.75 Å². The number of rotatable bonds is 9. The van der Waals surface area contributed by atoms with Crippen LogP contribution in [0.15, 0.2) is 91.0 Å².